The highest BCUT2D eigenvalue weighted by molar-refractivity contribution is 5.85. The van der Waals surface area contributed by atoms with E-state index in [9.17, 15) is 0 Å². The smallest absolute Gasteiger partial charge is 0.213 e. The molecule has 0 aliphatic heterocycles. The third-order valence-corrected chi connectivity index (χ3v) is 1.45. The number of pyridine rings is 1. The van der Waals surface area contributed by atoms with Gasteiger partial charge in [0, 0.05) is 12.3 Å². The van der Waals surface area contributed by atoms with Gasteiger partial charge >= 0.3 is 0 Å². The summed E-state index contributed by atoms with van der Waals surface area (Å²) in [7, 11) is 1.56. The first-order chi connectivity index (χ1) is 6.22. The van der Waals surface area contributed by atoms with Crippen LogP contribution in [0.25, 0.3) is 0 Å². The van der Waals surface area contributed by atoms with Crippen molar-refractivity contribution in [2.45, 2.75) is 6.54 Å². The van der Waals surface area contributed by atoms with Crippen molar-refractivity contribution in [2.75, 3.05) is 7.11 Å². The number of guanidine groups is 1. The third-order valence-electron chi connectivity index (χ3n) is 1.45. The van der Waals surface area contributed by atoms with Gasteiger partial charge < -0.3 is 16.2 Å². The Morgan fingerprint density at radius 1 is 1.57 bits per heavy atom. The molecule has 0 saturated heterocycles. The quantitative estimate of drug-likeness (QED) is 0.562. The van der Waals surface area contributed by atoms with Gasteiger partial charge in [0.15, 0.2) is 5.96 Å². The Bertz CT molecular complexity index is 312. The van der Waals surface area contributed by atoms with Gasteiger partial charge in [0.05, 0.1) is 13.7 Å². The predicted octanol–water partition coefficient (Wildman–Crippen LogP) is 0.285. The minimum absolute atomic E-state index is 0. The molecular weight excluding hydrogens is 204 g/mol. The number of hydrogen-bond donors (Lipinski definition) is 2. The van der Waals surface area contributed by atoms with Crippen molar-refractivity contribution in [1.29, 1.82) is 0 Å². The van der Waals surface area contributed by atoms with Gasteiger partial charge in [-0.2, -0.15) is 0 Å². The molecule has 0 atom stereocenters. The number of nitrogens with two attached hydrogens (primary N) is 2. The summed E-state index contributed by atoms with van der Waals surface area (Å²) < 4.78 is 4.94. The van der Waals surface area contributed by atoms with Gasteiger partial charge in [0.2, 0.25) is 5.88 Å². The molecular formula is C8H13ClN4O. The molecule has 78 valence electrons. The minimum atomic E-state index is 0. The van der Waals surface area contributed by atoms with Gasteiger partial charge in [-0.1, -0.05) is 0 Å². The number of nitrogens with zero attached hydrogens (tertiary/aromatic N) is 2. The summed E-state index contributed by atoms with van der Waals surface area (Å²) in [6.07, 6.45) is 1.65. The average molecular weight is 217 g/mol. The molecule has 5 nitrogen and oxygen atoms in total. The Kier molecular flexibility index (Phi) is 5.40. The summed E-state index contributed by atoms with van der Waals surface area (Å²) in [5.74, 6) is 0.638. The summed E-state index contributed by atoms with van der Waals surface area (Å²) in [4.78, 5) is 7.81. The Labute approximate surface area is 88.6 Å². The van der Waals surface area contributed by atoms with Gasteiger partial charge in [-0.25, -0.2) is 9.98 Å². The fourth-order valence-electron chi connectivity index (χ4n) is 0.843. The Balaban J connectivity index is 0.00000169. The van der Waals surface area contributed by atoms with Crippen LogP contribution in [-0.2, 0) is 6.54 Å². The van der Waals surface area contributed by atoms with E-state index < -0.39 is 0 Å². The minimum Gasteiger partial charge on any atom is -0.481 e. The Hall–Kier alpha value is -1.49. The van der Waals surface area contributed by atoms with E-state index in [0.717, 1.165) is 5.56 Å². The molecule has 6 heteroatoms. The van der Waals surface area contributed by atoms with Crippen LogP contribution in [0, 0.1) is 0 Å². The van der Waals surface area contributed by atoms with E-state index in [4.69, 9.17) is 16.2 Å². The van der Waals surface area contributed by atoms with E-state index in [-0.39, 0.29) is 18.4 Å². The summed E-state index contributed by atoms with van der Waals surface area (Å²) in [6, 6.07) is 3.61. The van der Waals surface area contributed by atoms with Crippen molar-refractivity contribution >= 4 is 18.4 Å². The van der Waals surface area contributed by atoms with Crippen LogP contribution >= 0.6 is 12.4 Å². The lowest BCUT2D eigenvalue weighted by molar-refractivity contribution is 0.397. The van der Waals surface area contributed by atoms with E-state index in [1.165, 1.54) is 0 Å². The molecule has 1 aromatic heterocycles. The first kappa shape index (κ1) is 12.5. The lowest BCUT2D eigenvalue weighted by Gasteiger charge is -2.00. The van der Waals surface area contributed by atoms with Crippen LogP contribution in [0.15, 0.2) is 23.3 Å². The number of halogens is 1. The van der Waals surface area contributed by atoms with Gasteiger partial charge in [0.25, 0.3) is 0 Å². The molecule has 1 rings (SSSR count). The molecule has 14 heavy (non-hydrogen) atoms. The van der Waals surface area contributed by atoms with E-state index in [0.29, 0.717) is 12.4 Å². The molecule has 0 saturated carbocycles. The second-order valence-electron chi connectivity index (χ2n) is 2.45. The molecule has 0 aromatic carbocycles. The number of aliphatic imine (C=N–C) groups is 1. The lowest BCUT2D eigenvalue weighted by atomic mass is 10.3. The molecule has 0 aliphatic rings. The highest BCUT2D eigenvalue weighted by atomic mass is 35.5. The summed E-state index contributed by atoms with van der Waals surface area (Å²) in [5.41, 5.74) is 11.3. The van der Waals surface area contributed by atoms with Gasteiger partial charge in [-0.05, 0) is 11.6 Å². The molecule has 1 aromatic rings. The molecule has 0 unspecified atom stereocenters. The summed E-state index contributed by atoms with van der Waals surface area (Å²) >= 11 is 0. The largest absolute Gasteiger partial charge is 0.481 e. The van der Waals surface area contributed by atoms with Crippen molar-refractivity contribution in [3.8, 4) is 5.88 Å². The zero-order chi connectivity index (χ0) is 9.68. The fourth-order valence-corrected chi connectivity index (χ4v) is 0.843. The van der Waals surface area contributed by atoms with Crippen LogP contribution in [0.3, 0.4) is 0 Å². The maximum atomic E-state index is 5.19. The SMILES string of the molecule is COc1cc(CN=C(N)N)ccn1.Cl. The van der Waals surface area contributed by atoms with Crippen molar-refractivity contribution < 1.29 is 4.74 Å². The average Bonchev–Trinajstić information content (AvgIpc) is 2.15. The highest BCUT2D eigenvalue weighted by Crippen LogP contribution is 2.08. The maximum absolute atomic E-state index is 5.19. The normalized spacial score (nSPS) is 8.64. The highest BCUT2D eigenvalue weighted by Gasteiger charge is 1.95. The Morgan fingerprint density at radius 2 is 2.29 bits per heavy atom. The number of aromatic nitrogens is 1. The second kappa shape index (κ2) is 6.04. The van der Waals surface area contributed by atoms with Crippen molar-refractivity contribution in [1.82, 2.24) is 4.98 Å². The molecule has 0 spiro atoms. The van der Waals surface area contributed by atoms with Gasteiger partial charge in [-0.15, -0.1) is 12.4 Å². The predicted molar refractivity (Wildman–Crippen MR) is 57.6 cm³/mol. The summed E-state index contributed by atoms with van der Waals surface area (Å²) in [5, 5.41) is 0. The number of methoxy groups -OCH3 is 1. The number of hydrogen-bond acceptors (Lipinski definition) is 3. The van der Waals surface area contributed by atoms with Crippen LogP contribution in [0.2, 0.25) is 0 Å². The molecule has 4 N–H and O–H groups in total. The van der Waals surface area contributed by atoms with Gasteiger partial charge in [0.1, 0.15) is 0 Å². The molecule has 1 heterocycles. The lowest BCUT2D eigenvalue weighted by Crippen LogP contribution is -2.22. The van der Waals surface area contributed by atoms with E-state index in [1.54, 1.807) is 19.4 Å². The van der Waals surface area contributed by atoms with Crippen molar-refractivity contribution in [2.24, 2.45) is 16.5 Å². The number of rotatable bonds is 3. The summed E-state index contributed by atoms with van der Waals surface area (Å²) in [6.45, 7) is 0.446. The number of ether oxygens (including phenoxy) is 1. The van der Waals surface area contributed by atoms with E-state index >= 15 is 0 Å². The fraction of sp³-hybridized carbons (Fsp3) is 0.250. The van der Waals surface area contributed by atoms with E-state index in [2.05, 4.69) is 9.98 Å². The van der Waals surface area contributed by atoms with Crippen molar-refractivity contribution in [3.05, 3.63) is 23.9 Å². The van der Waals surface area contributed by atoms with Crippen molar-refractivity contribution in [3.63, 3.8) is 0 Å². The van der Waals surface area contributed by atoms with Crippen LogP contribution in [-0.4, -0.2) is 18.1 Å². The van der Waals surface area contributed by atoms with Gasteiger partial charge in [-0.3, -0.25) is 0 Å². The maximum Gasteiger partial charge on any atom is 0.213 e. The first-order valence-corrected chi connectivity index (χ1v) is 3.76. The molecule has 0 radical (unpaired) electrons. The molecule has 0 bridgehead atoms. The molecule has 0 aliphatic carbocycles. The van der Waals surface area contributed by atoms with Crippen LogP contribution in [0.1, 0.15) is 5.56 Å². The monoisotopic (exact) mass is 216 g/mol. The van der Waals surface area contributed by atoms with E-state index in [1.807, 2.05) is 6.07 Å². The third kappa shape index (κ3) is 3.95. The Morgan fingerprint density at radius 3 is 2.86 bits per heavy atom. The zero-order valence-corrected chi connectivity index (χ0v) is 8.62. The van der Waals surface area contributed by atoms with Crippen LogP contribution < -0.4 is 16.2 Å². The van der Waals surface area contributed by atoms with Crippen LogP contribution in [0.4, 0.5) is 0 Å². The first-order valence-electron chi connectivity index (χ1n) is 3.76. The molecule has 0 fully saturated rings. The molecule has 0 amide bonds. The standard InChI is InChI=1S/C8H12N4O.ClH/c1-13-7-4-6(2-3-11-7)5-12-8(9)10;/h2-4H,5H2,1H3,(H4,9,10,12);1H. The van der Waals surface area contributed by atoms with Crippen LogP contribution in [0.5, 0.6) is 5.88 Å². The zero-order valence-electron chi connectivity index (χ0n) is 7.80. The second-order valence-corrected chi connectivity index (χ2v) is 2.45. The topological polar surface area (TPSA) is 86.5 Å².